The molecule has 17 heavy (non-hydrogen) atoms. The average Bonchev–Trinajstić information content (AvgIpc) is 3.13. The summed E-state index contributed by atoms with van der Waals surface area (Å²) in [5.41, 5.74) is 6.43. The van der Waals surface area contributed by atoms with Crippen molar-refractivity contribution in [2.45, 2.75) is 18.8 Å². The number of likely N-dealkylation sites (N-methyl/N-ethyl adjacent to an activating group) is 1. The average molecular weight is 297 g/mol. The standard InChI is InChI=1S/C13H17BrN2O/c1-2-16(14)12(17)13(8-11(13)9-15)10-6-4-3-5-7-10/h3-7,11H,2,8-9,15H2,1H3. The molecule has 0 spiro atoms. The Labute approximate surface area is 110 Å². The molecule has 1 amide bonds. The van der Waals surface area contributed by atoms with E-state index >= 15 is 0 Å². The minimum Gasteiger partial charge on any atom is -0.330 e. The van der Waals surface area contributed by atoms with Crippen LogP contribution in [0.2, 0.25) is 0 Å². The van der Waals surface area contributed by atoms with Crippen molar-refractivity contribution in [3.05, 3.63) is 35.9 Å². The van der Waals surface area contributed by atoms with Crippen molar-refractivity contribution in [3.8, 4) is 0 Å². The molecule has 2 rings (SSSR count). The molecule has 92 valence electrons. The van der Waals surface area contributed by atoms with Crippen LogP contribution in [0.3, 0.4) is 0 Å². The molecule has 1 aliphatic carbocycles. The van der Waals surface area contributed by atoms with E-state index < -0.39 is 5.41 Å². The molecular weight excluding hydrogens is 280 g/mol. The second kappa shape index (κ2) is 4.78. The minimum absolute atomic E-state index is 0.127. The Kier molecular flexibility index (Phi) is 3.54. The van der Waals surface area contributed by atoms with Crippen molar-refractivity contribution in [2.75, 3.05) is 13.1 Å². The zero-order valence-corrected chi connectivity index (χ0v) is 11.5. The largest absolute Gasteiger partial charge is 0.330 e. The van der Waals surface area contributed by atoms with Gasteiger partial charge in [0.1, 0.15) is 0 Å². The van der Waals surface area contributed by atoms with Crippen LogP contribution in [0.5, 0.6) is 0 Å². The Balaban J connectivity index is 2.33. The maximum absolute atomic E-state index is 12.5. The van der Waals surface area contributed by atoms with E-state index in [1.165, 1.54) is 0 Å². The topological polar surface area (TPSA) is 46.3 Å². The highest BCUT2D eigenvalue weighted by molar-refractivity contribution is 9.07. The third-order valence-corrected chi connectivity index (χ3v) is 4.38. The van der Waals surface area contributed by atoms with Gasteiger partial charge in [0.25, 0.3) is 0 Å². The van der Waals surface area contributed by atoms with Crippen LogP contribution < -0.4 is 5.73 Å². The molecule has 2 N–H and O–H groups in total. The molecule has 2 unspecified atom stereocenters. The molecular formula is C13H17BrN2O. The van der Waals surface area contributed by atoms with Gasteiger partial charge in [0.2, 0.25) is 5.91 Å². The summed E-state index contributed by atoms with van der Waals surface area (Å²) in [4.78, 5) is 12.5. The van der Waals surface area contributed by atoms with E-state index in [1.54, 1.807) is 3.93 Å². The molecule has 0 bridgehead atoms. The molecule has 1 fully saturated rings. The van der Waals surface area contributed by atoms with E-state index in [0.717, 1.165) is 12.0 Å². The second-order valence-electron chi connectivity index (χ2n) is 4.46. The van der Waals surface area contributed by atoms with Gasteiger partial charge in [0.15, 0.2) is 0 Å². The van der Waals surface area contributed by atoms with Crippen molar-refractivity contribution >= 4 is 22.1 Å². The van der Waals surface area contributed by atoms with Gasteiger partial charge in [-0.2, -0.15) is 0 Å². The Hall–Kier alpha value is -0.870. The Morgan fingerprint density at radius 3 is 2.65 bits per heavy atom. The molecule has 1 aromatic rings. The summed E-state index contributed by atoms with van der Waals surface area (Å²) in [6.07, 6.45) is 0.856. The number of amides is 1. The van der Waals surface area contributed by atoms with E-state index in [9.17, 15) is 4.79 Å². The molecule has 0 saturated heterocycles. The lowest BCUT2D eigenvalue weighted by molar-refractivity contribution is -0.128. The molecule has 0 aromatic heterocycles. The zero-order chi connectivity index (χ0) is 12.5. The monoisotopic (exact) mass is 296 g/mol. The normalized spacial score (nSPS) is 26.6. The number of halogens is 1. The predicted octanol–water partition coefficient (Wildman–Crippen LogP) is 2.06. The van der Waals surface area contributed by atoms with Gasteiger partial charge in [-0.1, -0.05) is 30.3 Å². The minimum atomic E-state index is -0.393. The van der Waals surface area contributed by atoms with E-state index in [1.807, 2.05) is 37.3 Å². The third kappa shape index (κ3) is 2.00. The summed E-state index contributed by atoms with van der Waals surface area (Å²) in [7, 11) is 0. The fourth-order valence-corrected chi connectivity index (χ4v) is 2.77. The van der Waals surface area contributed by atoms with Crippen LogP contribution in [0.1, 0.15) is 18.9 Å². The number of carbonyl (C=O) groups excluding carboxylic acids is 1. The van der Waals surface area contributed by atoms with Crippen LogP contribution in [-0.4, -0.2) is 22.9 Å². The van der Waals surface area contributed by atoms with Crippen molar-refractivity contribution < 1.29 is 4.79 Å². The van der Waals surface area contributed by atoms with Gasteiger partial charge < -0.3 is 5.73 Å². The molecule has 1 aromatic carbocycles. The summed E-state index contributed by atoms with van der Waals surface area (Å²) < 4.78 is 1.61. The van der Waals surface area contributed by atoms with Gasteiger partial charge in [0.05, 0.1) is 21.6 Å². The smallest absolute Gasteiger partial charge is 0.243 e. The van der Waals surface area contributed by atoms with Gasteiger partial charge in [-0.15, -0.1) is 0 Å². The van der Waals surface area contributed by atoms with Crippen LogP contribution in [0.15, 0.2) is 30.3 Å². The fourth-order valence-electron chi connectivity index (χ4n) is 2.45. The summed E-state index contributed by atoms with van der Waals surface area (Å²) in [6, 6.07) is 9.95. The fraction of sp³-hybridized carbons (Fsp3) is 0.462. The highest BCUT2D eigenvalue weighted by Gasteiger charge is 2.61. The molecule has 2 atom stereocenters. The number of nitrogens with two attached hydrogens (primary N) is 1. The number of rotatable bonds is 4. The highest BCUT2D eigenvalue weighted by atomic mass is 79.9. The summed E-state index contributed by atoms with van der Waals surface area (Å²) in [6.45, 7) is 3.17. The van der Waals surface area contributed by atoms with Gasteiger partial charge in [-0.3, -0.25) is 8.72 Å². The Bertz CT molecular complexity index is 409. The lowest BCUT2D eigenvalue weighted by Gasteiger charge is -2.22. The van der Waals surface area contributed by atoms with Crippen LogP contribution in [0.4, 0.5) is 0 Å². The molecule has 0 heterocycles. The second-order valence-corrected chi connectivity index (χ2v) is 5.31. The highest BCUT2D eigenvalue weighted by Crippen LogP contribution is 2.55. The van der Waals surface area contributed by atoms with Gasteiger partial charge in [0, 0.05) is 6.54 Å². The molecule has 1 saturated carbocycles. The maximum Gasteiger partial charge on any atom is 0.243 e. The first kappa shape index (κ1) is 12.6. The number of hydrogen-bond donors (Lipinski definition) is 1. The number of nitrogens with zero attached hydrogens (tertiary/aromatic N) is 1. The Morgan fingerprint density at radius 1 is 1.53 bits per heavy atom. The van der Waals surface area contributed by atoms with Crippen LogP contribution >= 0.6 is 16.1 Å². The molecule has 1 aliphatic rings. The number of carbonyl (C=O) groups is 1. The van der Waals surface area contributed by atoms with E-state index in [4.69, 9.17) is 5.73 Å². The molecule has 0 aliphatic heterocycles. The van der Waals surface area contributed by atoms with Gasteiger partial charge >= 0.3 is 0 Å². The first-order valence-electron chi connectivity index (χ1n) is 5.90. The number of benzene rings is 1. The first-order valence-corrected chi connectivity index (χ1v) is 6.61. The first-order chi connectivity index (χ1) is 8.16. The van der Waals surface area contributed by atoms with E-state index in [-0.39, 0.29) is 11.8 Å². The number of hydrogen-bond acceptors (Lipinski definition) is 2. The summed E-state index contributed by atoms with van der Waals surface area (Å²) in [5, 5.41) is 0. The molecule has 3 nitrogen and oxygen atoms in total. The van der Waals surface area contributed by atoms with Crippen molar-refractivity contribution in [1.29, 1.82) is 0 Å². The zero-order valence-electron chi connectivity index (χ0n) is 9.90. The predicted molar refractivity (Wildman–Crippen MR) is 71.6 cm³/mol. The SMILES string of the molecule is CCN(Br)C(=O)C1(c2ccccc2)CC1CN. The molecule has 4 heteroatoms. The van der Waals surface area contributed by atoms with E-state index in [0.29, 0.717) is 13.1 Å². The van der Waals surface area contributed by atoms with Gasteiger partial charge in [-0.05, 0) is 31.4 Å². The third-order valence-electron chi connectivity index (χ3n) is 3.56. The lowest BCUT2D eigenvalue weighted by Crippen LogP contribution is -2.35. The molecule has 0 radical (unpaired) electrons. The van der Waals surface area contributed by atoms with Crippen LogP contribution in [-0.2, 0) is 10.2 Å². The van der Waals surface area contributed by atoms with E-state index in [2.05, 4.69) is 16.1 Å². The maximum atomic E-state index is 12.5. The lowest BCUT2D eigenvalue weighted by atomic mass is 9.92. The van der Waals surface area contributed by atoms with Gasteiger partial charge in [-0.25, -0.2) is 0 Å². The Morgan fingerprint density at radius 2 is 2.18 bits per heavy atom. The van der Waals surface area contributed by atoms with Crippen LogP contribution in [0.25, 0.3) is 0 Å². The quantitative estimate of drug-likeness (QED) is 0.865. The summed E-state index contributed by atoms with van der Waals surface area (Å²) >= 11 is 3.31. The van der Waals surface area contributed by atoms with Crippen molar-refractivity contribution in [2.24, 2.45) is 11.7 Å². The summed E-state index contributed by atoms with van der Waals surface area (Å²) in [5.74, 6) is 0.394. The van der Waals surface area contributed by atoms with Crippen molar-refractivity contribution in [1.82, 2.24) is 3.93 Å². The van der Waals surface area contributed by atoms with Crippen LogP contribution in [0, 0.1) is 5.92 Å². The van der Waals surface area contributed by atoms with Crippen molar-refractivity contribution in [3.63, 3.8) is 0 Å².